The minimum Gasteiger partial charge on any atom is -0.306 e. The summed E-state index contributed by atoms with van der Waals surface area (Å²) in [4.78, 5) is 28.8. The number of allylic oxidation sites excluding steroid dienone is 2. The van der Waals surface area contributed by atoms with Gasteiger partial charge in [-0.1, -0.05) is 29.8 Å². The van der Waals surface area contributed by atoms with E-state index in [0.29, 0.717) is 22.1 Å². The topological polar surface area (TPSA) is 85.9 Å². The van der Waals surface area contributed by atoms with Gasteiger partial charge in [0.2, 0.25) is 5.95 Å². The van der Waals surface area contributed by atoms with Crippen LogP contribution in [0.25, 0.3) is 11.2 Å². The molecule has 0 bridgehead atoms. The SMILES string of the molecule is C/C(=C/Cc1ccc(Cl)cc1)NNc1nc2c(c(=O)n(C)c(=O)n2C)n1C. The lowest BCUT2D eigenvalue weighted by Crippen LogP contribution is -2.37. The average molecular weight is 389 g/mol. The van der Waals surface area contributed by atoms with Gasteiger partial charge in [-0.15, -0.1) is 0 Å². The molecule has 3 aromatic rings. The lowest BCUT2D eigenvalue weighted by Gasteiger charge is -2.09. The highest BCUT2D eigenvalue weighted by atomic mass is 35.5. The number of hydrogen-bond donors (Lipinski definition) is 2. The minimum absolute atomic E-state index is 0.331. The Hall–Kier alpha value is -3.00. The zero-order valence-electron chi connectivity index (χ0n) is 15.6. The Morgan fingerprint density at radius 1 is 1.11 bits per heavy atom. The number of hydrogen-bond acceptors (Lipinski definition) is 5. The maximum absolute atomic E-state index is 12.4. The number of aryl methyl sites for hydroxylation is 2. The summed E-state index contributed by atoms with van der Waals surface area (Å²) in [5, 5.41) is 0.710. The third kappa shape index (κ3) is 3.61. The largest absolute Gasteiger partial charge is 0.332 e. The van der Waals surface area contributed by atoms with Gasteiger partial charge in [0.25, 0.3) is 5.56 Å². The third-order valence-electron chi connectivity index (χ3n) is 4.40. The van der Waals surface area contributed by atoms with Gasteiger partial charge in [0, 0.05) is 31.9 Å². The Labute approximate surface area is 160 Å². The van der Waals surface area contributed by atoms with Crippen LogP contribution < -0.4 is 22.1 Å². The Kier molecular flexibility index (Phi) is 5.09. The van der Waals surface area contributed by atoms with Gasteiger partial charge in [-0.2, -0.15) is 4.98 Å². The summed E-state index contributed by atoms with van der Waals surface area (Å²) in [6, 6.07) is 7.66. The maximum Gasteiger partial charge on any atom is 0.332 e. The third-order valence-corrected chi connectivity index (χ3v) is 4.66. The summed E-state index contributed by atoms with van der Waals surface area (Å²) in [6.07, 6.45) is 2.77. The van der Waals surface area contributed by atoms with Crippen molar-refractivity contribution >= 4 is 28.7 Å². The summed E-state index contributed by atoms with van der Waals surface area (Å²) in [6.45, 7) is 1.92. The second-order valence-corrected chi connectivity index (χ2v) is 6.78. The van der Waals surface area contributed by atoms with Gasteiger partial charge in [0.15, 0.2) is 11.2 Å². The fraction of sp³-hybridized carbons (Fsp3) is 0.278. The van der Waals surface area contributed by atoms with Crippen LogP contribution >= 0.6 is 11.6 Å². The number of imidazole rings is 1. The first-order chi connectivity index (χ1) is 12.8. The van der Waals surface area contributed by atoms with Crippen molar-refractivity contribution in [3.8, 4) is 0 Å². The molecule has 0 aliphatic rings. The number of fused-ring (bicyclic) bond motifs is 1. The normalized spacial score (nSPS) is 11.8. The number of rotatable bonds is 5. The Morgan fingerprint density at radius 3 is 2.44 bits per heavy atom. The first-order valence-corrected chi connectivity index (χ1v) is 8.73. The molecule has 0 fully saturated rings. The second kappa shape index (κ2) is 7.32. The zero-order chi connectivity index (χ0) is 19.7. The smallest absolute Gasteiger partial charge is 0.306 e. The van der Waals surface area contributed by atoms with Crippen LogP contribution in [0.2, 0.25) is 5.02 Å². The summed E-state index contributed by atoms with van der Waals surface area (Å²) in [5.41, 5.74) is 7.96. The van der Waals surface area contributed by atoms with Crippen LogP contribution in [0.1, 0.15) is 12.5 Å². The van der Waals surface area contributed by atoms with Gasteiger partial charge < -0.3 is 9.99 Å². The predicted octanol–water partition coefficient (Wildman–Crippen LogP) is 1.69. The molecule has 2 aromatic heterocycles. The first kappa shape index (κ1) is 18.8. The van der Waals surface area contributed by atoms with Crippen molar-refractivity contribution in [1.82, 2.24) is 24.1 Å². The molecule has 2 heterocycles. The molecular formula is C18H21ClN6O2. The van der Waals surface area contributed by atoms with Crippen LogP contribution in [0.4, 0.5) is 5.95 Å². The molecule has 0 atom stereocenters. The number of benzene rings is 1. The molecule has 8 nitrogen and oxygen atoms in total. The van der Waals surface area contributed by atoms with Crippen molar-refractivity contribution in [2.24, 2.45) is 21.1 Å². The van der Waals surface area contributed by atoms with E-state index in [2.05, 4.69) is 15.8 Å². The molecule has 0 amide bonds. The van der Waals surface area contributed by atoms with Gasteiger partial charge in [-0.3, -0.25) is 19.4 Å². The number of nitrogens with zero attached hydrogens (tertiary/aromatic N) is 4. The molecule has 0 radical (unpaired) electrons. The molecule has 27 heavy (non-hydrogen) atoms. The van der Waals surface area contributed by atoms with Crippen molar-refractivity contribution in [1.29, 1.82) is 0 Å². The molecule has 0 saturated heterocycles. The standard InChI is InChI=1S/C18H21ClN6O2/c1-11(5-6-12-7-9-13(19)10-8-12)21-22-17-20-15-14(23(17)2)16(26)25(4)18(27)24(15)3/h5,7-10,21H,6H2,1-4H3,(H,20,22)/b11-5-. The Bertz CT molecular complexity index is 1140. The number of halogens is 1. The number of hydrazine groups is 1. The maximum atomic E-state index is 12.4. The van der Waals surface area contributed by atoms with E-state index in [4.69, 9.17) is 11.6 Å². The van der Waals surface area contributed by atoms with Crippen molar-refractivity contribution in [2.75, 3.05) is 5.43 Å². The van der Waals surface area contributed by atoms with Crippen LogP contribution in [0.15, 0.2) is 45.6 Å². The lowest BCUT2D eigenvalue weighted by molar-refractivity contribution is 0.705. The van der Waals surface area contributed by atoms with E-state index in [0.717, 1.165) is 22.2 Å². The van der Waals surface area contributed by atoms with Gasteiger partial charge in [-0.25, -0.2) is 4.79 Å². The van der Waals surface area contributed by atoms with Crippen LogP contribution in [0.3, 0.4) is 0 Å². The predicted molar refractivity (Wildman–Crippen MR) is 107 cm³/mol. The molecular weight excluding hydrogens is 368 g/mol. The van der Waals surface area contributed by atoms with Crippen LogP contribution in [0, 0.1) is 0 Å². The number of anilines is 1. The van der Waals surface area contributed by atoms with Crippen LogP contribution in [-0.2, 0) is 27.6 Å². The van der Waals surface area contributed by atoms with Crippen LogP contribution in [0.5, 0.6) is 0 Å². The molecule has 0 spiro atoms. The zero-order valence-corrected chi connectivity index (χ0v) is 16.3. The van der Waals surface area contributed by atoms with Gasteiger partial charge in [-0.05, 0) is 31.0 Å². The summed E-state index contributed by atoms with van der Waals surface area (Å²) in [7, 11) is 4.76. The molecule has 9 heteroatoms. The van der Waals surface area contributed by atoms with E-state index in [1.807, 2.05) is 37.3 Å². The van der Waals surface area contributed by atoms with E-state index in [9.17, 15) is 9.59 Å². The fourth-order valence-electron chi connectivity index (χ4n) is 2.73. The average Bonchev–Trinajstić information content (AvgIpc) is 2.99. The summed E-state index contributed by atoms with van der Waals surface area (Å²) < 4.78 is 4.04. The van der Waals surface area contributed by atoms with Crippen molar-refractivity contribution < 1.29 is 0 Å². The molecule has 1 aromatic carbocycles. The van der Waals surface area contributed by atoms with E-state index >= 15 is 0 Å². The molecule has 142 valence electrons. The summed E-state index contributed by atoms with van der Waals surface area (Å²) in [5.74, 6) is 0.433. The molecule has 0 saturated carbocycles. The lowest BCUT2D eigenvalue weighted by atomic mass is 10.1. The van der Waals surface area contributed by atoms with Gasteiger partial charge in [0.05, 0.1) is 0 Å². The van der Waals surface area contributed by atoms with E-state index in [1.54, 1.807) is 18.7 Å². The highest BCUT2D eigenvalue weighted by Crippen LogP contribution is 2.13. The number of aromatic nitrogens is 4. The highest BCUT2D eigenvalue weighted by molar-refractivity contribution is 6.30. The summed E-state index contributed by atoms with van der Waals surface area (Å²) >= 11 is 5.89. The highest BCUT2D eigenvalue weighted by Gasteiger charge is 2.16. The Balaban J connectivity index is 1.80. The molecule has 0 aliphatic heterocycles. The van der Waals surface area contributed by atoms with Crippen LogP contribution in [-0.4, -0.2) is 18.7 Å². The van der Waals surface area contributed by atoms with Gasteiger partial charge >= 0.3 is 5.69 Å². The number of nitrogens with one attached hydrogen (secondary N) is 2. The second-order valence-electron chi connectivity index (χ2n) is 6.34. The van der Waals surface area contributed by atoms with Crippen molar-refractivity contribution in [3.05, 3.63) is 67.5 Å². The molecule has 2 N–H and O–H groups in total. The first-order valence-electron chi connectivity index (χ1n) is 8.35. The van der Waals surface area contributed by atoms with Crippen molar-refractivity contribution in [3.63, 3.8) is 0 Å². The van der Waals surface area contributed by atoms with E-state index in [-0.39, 0.29) is 5.56 Å². The molecule has 0 unspecified atom stereocenters. The molecule has 3 rings (SSSR count). The van der Waals surface area contributed by atoms with E-state index in [1.165, 1.54) is 11.6 Å². The van der Waals surface area contributed by atoms with Crippen molar-refractivity contribution in [2.45, 2.75) is 13.3 Å². The minimum atomic E-state index is -0.413. The fourth-order valence-corrected chi connectivity index (χ4v) is 2.85. The molecule has 0 aliphatic carbocycles. The van der Waals surface area contributed by atoms with E-state index < -0.39 is 5.69 Å². The quantitative estimate of drug-likeness (QED) is 0.649. The Morgan fingerprint density at radius 2 is 1.78 bits per heavy atom. The van der Waals surface area contributed by atoms with Gasteiger partial charge in [0.1, 0.15) is 0 Å². The monoisotopic (exact) mass is 388 g/mol.